The molecule has 2 aromatic heterocycles. The minimum atomic E-state index is -0.296. The summed E-state index contributed by atoms with van der Waals surface area (Å²) in [6, 6.07) is 18.6. The van der Waals surface area contributed by atoms with Crippen molar-refractivity contribution in [2.75, 3.05) is 0 Å². The molecule has 0 aliphatic heterocycles. The zero-order valence-corrected chi connectivity index (χ0v) is 18.6. The average Bonchev–Trinajstić information content (AvgIpc) is 2.74. The van der Waals surface area contributed by atoms with Crippen molar-refractivity contribution in [3.05, 3.63) is 92.6 Å². The Balaban J connectivity index is 0.000000197. The van der Waals surface area contributed by atoms with Crippen LogP contribution in [-0.2, 0) is 0 Å². The second-order valence-corrected chi connectivity index (χ2v) is 7.39. The molecule has 4 nitrogen and oxygen atoms in total. The fourth-order valence-corrected chi connectivity index (χ4v) is 2.93. The van der Waals surface area contributed by atoms with Crippen LogP contribution < -0.4 is 11.3 Å². The van der Waals surface area contributed by atoms with Gasteiger partial charge in [0.05, 0.1) is 0 Å². The highest BCUT2D eigenvalue weighted by Crippen LogP contribution is 2.20. The zero-order valence-electron chi connectivity index (χ0n) is 18.6. The van der Waals surface area contributed by atoms with Gasteiger partial charge in [0.2, 0.25) is 0 Å². The highest BCUT2D eigenvalue weighted by molar-refractivity contribution is 5.77. The molecule has 4 rings (SSSR count). The van der Waals surface area contributed by atoms with Crippen LogP contribution in [0.5, 0.6) is 0 Å². The van der Waals surface area contributed by atoms with Gasteiger partial charge in [-0.1, -0.05) is 65.8 Å². The van der Waals surface area contributed by atoms with Gasteiger partial charge in [0.25, 0.3) is 0 Å². The molecule has 0 amide bonds. The SMILES string of the molecule is CC.CC(C)c1cc2ccccc2oc1=O.CC(C)c1ccc2oc(=O)ccc2c1. The zero-order chi connectivity index (χ0) is 22.3. The van der Waals surface area contributed by atoms with Gasteiger partial charge in [-0.2, -0.15) is 0 Å². The summed E-state index contributed by atoms with van der Waals surface area (Å²) < 4.78 is 10.2. The maximum Gasteiger partial charge on any atom is 0.339 e. The van der Waals surface area contributed by atoms with Gasteiger partial charge in [-0.3, -0.25) is 0 Å². The van der Waals surface area contributed by atoms with Crippen molar-refractivity contribution in [2.45, 2.75) is 53.4 Å². The summed E-state index contributed by atoms with van der Waals surface area (Å²) in [5, 5.41) is 1.96. The predicted octanol–water partition coefficient (Wildman–Crippen LogP) is 6.86. The van der Waals surface area contributed by atoms with Gasteiger partial charge in [-0.05, 0) is 47.7 Å². The fraction of sp³-hybridized carbons (Fsp3) is 0.308. The first kappa shape index (κ1) is 23.1. The van der Waals surface area contributed by atoms with Crippen LogP contribution >= 0.6 is 0 Å². The molecule has 4 aromatic rings. The molecule has 0 spiro atoms. The van der Waals surface area contributed by atoms with Crippen LogP contribution in [0.15, 0.2) is 79.1 Å². The molecular weight excluding hydrogens is 376 g/mol. The third-order valence-corrected chi connectivity index (χ3v) is 4.60. The van der Waals surface area contributed by atoms with Crippen molar-refractivity contribution < 1.29 is 8.83 Å². The quantitative estimate of drug-likeness (QED) is 0.341. The summed E-state index contributed by atoms with van der Waals surface area (Å²) in [5.74, 6) is 0.696. The second kappa shape index (κ2) is 10.6. The van der Waals surface area contributed by atoms with Gasteiger partial charge in [0, 0.05) is 22.4 Å². The predicted molar refractivity (Wildman–Crippen MR) is 124 cm³/mol. The van der Waals surface area contributed by atoms with Crippen molar-refractivity contribution in [2.24, 2.45) is 0 Å². The molecule has 0 unspecified atom stereocenters. The van der Waals surface area contributed by atoms with Gasteiger partial charge < -0.3 is 8.83 Å². The largest absolute Gasteiger partial charge is 0.423 e. The fourth-order valence-electron chi connectivity index (χ4n) is 2.93. The second-order valence-electron chi connectivity index (χ2n) is 7.39. The molecule has 0 radical (unpaired) electrons. The summed E-state index contributed by atoms with van der Waals surface area (Å²) in [4.78, 5) is 22.4. The molecule has 0 aliphatic rings. The van der Waals surface area contributed by atoms with E-state index in [9.17, 15) is 9.59 Å². The van der Waals surface area contributed by atoms with E-state index in [-0.39, 0.29) is 17.2 Å². The highest BCUT2D eigenvalue weighted by atomic mass is 16.4. The molecule has 158 valence electrons. The van der Waals surface area contributed by atoms with Gasteiger partial charge in [-0.25, -0.2) is 9.59 Å². The summed E-state index contributed by atoms with van der Waals surface area (Å²) >= 11 is 0. The summed E-state index contributed by atoms with van der Waals surface area (Å²) in [6.07, 6.45) is 0. The Morgan fingerprint density at radius 1 is 0.667 bits per heavy atom. The van der Waals surface area contributed by atoms with E-state index >= 15 is 0 Å². The van der Waals surface area contributed by atoms with E-state index in [1.165, 1.54) is 11.6 Å². The Hall–Kier alpha value is -3.14. The number of benzene rings is 2. The Morgan fingerprint density at radius 2 is 1.30 bits per heavy atom. The first-order valence-corrected chi connectivity index (χ1v) is 10.4. The van der Waals surface area contributed by atoms with E-state index < -0.39 is 0 Å². The first-order chi connectivity index (χ1) is 14.3. The lowest BCUT2D eigenvalue weighted by molar-refractivity contribution is 0.544. The maximum atomic E-state index is 11.5. The number of hydrogen-bond acceptors (Lipinski definition) is 4. The third-order valence-electron chi connectivity index (χ3n) is 4.60. The third kappa shape index (κ3) is 5.69. The van der Waals surface area contributed by atoms with Gasteiger partial charge >= 0.3 is 11.3 Å². The van der Waals surface area contributed by atoms with Gasteiger partial charge in [0.1, 0.15) is 11.2 Å². The average molecular weight is 407 g/mol. The molecular formula is C26H30O4. The van der Waals surface area contributed by atoms with Gasteiger partial charge in [-0.15, -0.1) is 0 Å². The lowest BCUT2D eigenvalue weighted by Gasteiger charge is -2.05. The number of rotatable bonds is 2. The van der Waals surface area contributed by atoms with E-state index in [4.69, 9.17) is 8.83 Å². The minimum Gasteiger partial charge on any atom is -0.423 e. The number of para-hydroxylation sites is 1. The molecule has 0 fully saturated rings. The summed E-state index contributed by atoms with van der Waals surface area (Å²) in [7, 11) is 0. The van der Waals surface area contributed by atoms with Crippen molar-refractivity contribution in [3.8, 4) is 0 Å². The van der Waals surface area contributed by atoms with Crippen LogP contribution in [0, 0.1) is 0 Å². The van der Waals surface area contributed by atoms with E-state index in [0.29, 0.717) is 17.1 Å². The van der Waals surface area contributed by atoms with E-state index in [1.807, 2.05) is 64.1 Å². The molecule has 4 heteroatoms. The van der Waals surface area contributed by atoms with Crippen molar-refractivity contribution in [3.63, 3.8) is 0 Å². The van der Waals surface area contributed by atoms with Crippen LogP contribution in [0.4, 0.5) is 0 Å². The molecule has 2 heterocycles. The topological polar surface area (TPSA) is 60.4 Å². The van der Waals surface area contributed by atoms with Crippen LogP contribution in [0.2, 0.25) is 0 Å². The molecule has 0 saturated carbocycles. The molecule has 0 aliphatic carbocycles. The van der Waals surface area contributed by atoms with Crippen LogP contribution in [0.1, 0.15) is 64.5 Å². The normalized spacial score (nSPS) is 10.5. The van der Waals surface area contributed by atoms with Crippen LogP contribution in [-0.4, -0.2) is 0 Å². The lowest BCUT2D eigenvalue weighted by Crippen LogP contribution is -2.08. The Bertz CT molecular complexity index is 1210. The number of hydrogen-bond donors (Lipinski definition) is 0. The van der Waals surface area contributed by atoms with Crippen LogP contribution in [0.3, 0.4) is 0 Å². The number of fused-ring (bicyclic) bond motifs is 2. The van der Waals surface area contributed by atoms with E-state index in [0.717, 1.165) is 16.3 Å². The molecule has 30 heavy (non-hydrogen) atoms. The molecule has 0 saturated heterocycles. The monoisotopic (exact) mass is 406 g/mol. The van der Waals surface area contributed by atoms with E-state index in [2.05, 4.69) is 19.9 Å². The van der Waals surface area contributed by atoms with Crippen molar-refractivity contribution in [1.29, 1.82) is 0 Å². The Kier molecular flexibility index (Phi) is 8.16. The lowest BCUT2D eigenvalue weighted by atomic mass is 10.0. The molecule has 0 bridgehead atoms. The summed E-state index contributed by atoms with van der Waals surface area (Å²) in [6.45, 7) is 12.3. The summed E-state index contributed by atoms with van der Waals surface area (Å²) in [5.41, 5.74) is 2.78. The molecule has 2 aromatic carbocycles. The smallest absolute Gasteiger partial charge is 0.339 e. The van der Waals surface area contributed by atoms with Crippen molar-refractivity contribution >= 4 is 21.9 Å². The van der Waals surface area contributed by atoms with E-state index in [1.54, 1.807) is 12.1 Å². The first-order valence-electron chi connectivity index (χ1n) is 10.4. The minimum absolute atomic E-state index is 0.204. The van der Waals surface area contributed by atoms with Crippen molar-refractivity contribution in [1.82, 2.24) is 0 Å². The highest BCUT2D eigenvalue weighted by Gasteiger charge is 2.07. The van der Waals surface area contributed by atoms with Gasteiger partial charge in [0.15, 0.2) is 0 Å². The van der Waals surface area contributed by atoms with Crippen LogP contribution in [0.25, 0.3) is 21.9 Å². The standard InChI is InChI=1S/2C12H12O2.C2H6/c1-8(2)9-3-5-11-10(7-9)4-6-12(13)14-11;1-8(2)10-7-9-5-3-4-6-11(9)14-12(10)13;1-2/h2*3-8H,1-2H3;1-2H3. The molecule has 0 atom stereocenters. The Labute approximate surface area is 177 Å². The molecule has 0 N–H and O–H groups in total. The Morgan fingerprint density at radius 3 is 1.97 bits per heavy atom. The maximum absolute atomic E-state index is 11.5.